The van der Waals surface area contributed by atoms with Crippen LogP contribution in [0.1, 0.15) is 39.5 Å². The Balaban J connectivity index is 2.16. The smallest absolute Gasteiger partial charge is 0.00514 e. The molecule has 1 fully saturated rings. The van der Waals surface area contributed by atoms with Crippen LogP contribution in [0.4, 0.5) is 0 Å². The third-order valence-corrected chi connectivity index (χ3v) is 3.21. The largest absolute Gasteiger partial charge is 0.330 e. The highest BCUT2D eigenvalue weighted by atomic mass is 14.5. The molecule has 1 rings (SSSR count). The molecule has 0 aromatic carbocycles. The predicted octanol–water partition coefficient (Wildman–Crippen LogP) is 2.41. The van der Waals surface area contributed by atoms with Crippen molar-refractivity contribution in [3.8, 4) is 0 Å². The van der Waals surface area contributed by atoms with Crippen LogP contribution in [-0.2, 0) is 0 Å². The Bertz CT molecular complexity index is 109. The van der Waals surface area contributed by atoms with E-state index in [2.05, 4.69) is 13.8 Å². The molecule has 0 heterocycles. The maximum absolute atomic E-state index is 5.59. The molecule has 0 aromatic heterocycles. The standard InChI is InChI=1S/C10H21N/c1-3-9-4-5-10(9)6-8(2)7-11/h8-10H,3-7,11H2,1-2H3. The zero-order valence-corrected chi connectivity index (χ0v) is 7.84. The predicted molar refractivity (Wildman–Crippen MR) is 49.3 cm³/mol. The molecule has 0 saturated heterocycles. The van der Waals surface area contributed by atoms with Crippen molar-refractivity contribution in [3.05, 3.63) is 0 Å². The van der Waals surface area contributed by atoms with Gasteiger partial charge in [0.1, 0.15) is 0 Å². The summed E-state index contributed by atoms with van der Waals surface area (Å²) in [5, 5.41) is 0. The molecule has 1 nitrogen and oxygen atoms in total. The van der Waals surface area contributed by atoms with Crippen molar-refractivity contribution in [1.82, 2.24) is 0 Å². The van der Waals surface area contributed by atoms with Gasteiger partial charge in [-0.05, 0) is 43.6 Å². The van der Waals surface area contributed by atoms with Gasteiger partial charge in [0, 0.05) is 0 Å². The molecule has 0 radical (unpaired) electrons. The zero-order valence-electron chi connectivity index (χ0n) is 7.84. The highest BCUT2D eigenvalue weighted by Gasteiger charge is 2.29. The lowest BCUT2D eigenvalue weighted by Gasteiger charge is -2.37. The van der Waals surface area contributed by atoms with Crippen LogP contribution in [0.3, 0.4) is 0 Å². The van der Waals surface area contributed by atoms with Gasteiger partial charge in [-0.25, -0.2) is 0 Å². The molecule has 1 saturated carbocycles. The van der Waals surface area contributed by atoms with E-state index in [1.165, 1.54) is 25.7 Å². The fourth-order valence-corrected chi connectivity index (χ4v) is 2.10. The molecular weight excluding hydrogens is 134 g/mol. The first kappa shape index (κ1) is 9.05. The quantitative estimate of drug-likeness (QED) is 0.663. The number of nitrogens with two attached hydrogens (primary N) is 1. The van der Waals surface area contributed by atoms with Crippen LogP contribution in [0, 0.1) is 17.8 Å². The summed E-state index contributed by atoms with van der Waals surface area (Å²) in [5.74, 6) is 2.79. The van der Waals surface area contributed by atoms with Crippen molar-refractivity contribution in [2.24, 2.45) is 23.5 Å². The highest BCUT2D eigenvalue weighted by molar-refractivity contribution is 4.80. The first-order valence-corrected chi connectivity index (χ1v) is 4.98. The third kappa shape index (κ3) is 2.19. The second-order valence-corrected chi connectivity index (χ2v) is 4.08. The van der Waals surface area contributed by atoms with Gasteiger partial charge in [-0.2, -0.15) is 0 Å². The second-order valence-electron chi connectivity index (χ2n) is 4.08. The average Bonchev–Trinajstić information content (AvgIpc) is 1.98. The Hall–Kier alpha value is -0.0400. The summed E-state index contributed by atoms with van der Waals surface area (Å²) in [6.07, 6.45) is 5.68. The van der Waals surface area contributed by atoms with E-state index in [1.807, 2.05) is 0 Å². The molecule has 0 aliphatic heterocycles. The van der Waals surface area contributed by atoms with Crippen LogP contribution in [0.15, 0.2) is 0 Å². The van der Waals surface area contributed by atoms with Gasteiger partial charge in [0.2, 0.25) is 0 Å². The van der Waals surface area contributed by atoms with Gasteiger partial charge in [-0.1, -0.05) is 20.3 Å². The fourth-order valence-electron chi connectivity index (χ4n) is 2.10. The summed E-state index contributed by atoms with van der Waals surface area (Å²) in [7, 11) is 0. The Morgan fingerprint density at radius 3 is 2.36 bits per heavy atom. The van der Waals surface area contributed by atoms with Crippen molar-refractivity contribution < 1.29 is 0 Å². The van der Waals surface area contributed by atoms with E-state index in [9.17, 15) is 0 Å². The van der Waals surface area contributed by atoms with Crippen molar-refractivity contribution >= 4 is 0 Å². The third-order valence-electron chi connectivity index (χ3n) is 3.21. The van der Waals surface area contributed by atoms with Crippen LogP contribution in [0.5, 0.6) is 0 Å². The van der Waals surface area contributed by atoms with Crippen LogP contribution < -0.4 is 5.73 Å². The lowest BCUT2D eigenvalue weighted by molar-refractivity contribution is 0.140. The lowest BCUT2D eigenvalue weighted by atomic mass is 9.69. The summed E-state index contributed by atoms with van der Waals surface area (Å²) >= 11 is 0. The molecule has 1 aliphatic carbocycles. The van der Waals surface area contributed by atoms with Crippen molar-refractivity contribution in [2.75, 3.05) is 6.54 Å². The molecule has 66 valence electrons. The normalized spacial score (nSPS) is 33.0. The van der Waals surface area contributed by atoms with Crippen LogP contribution in [-0.4, -0.2) is 6.54 Å². The Morgan fingerprint density at radius 2 is 2.00 bits per heavy atom. The number of hydrogen-bond acceptors (Lipinski definition) is 1. The minimum atomic E-state index is 0.745. The second kappa shape index (κ2) is 4.10. The molecule has 1 heteroatoms. The van der Waals surface area contributed by atoms with E-state index in [0.717, 1.165) is 24.3 Å². The summed E-state index contributed by atoms with van der Waals surface area (Å²) in [5.41, 5.74) is 5.59. The minimum absolute atomic E-state index is 0.745. The molecule has 3 unspecified atom stereocenters. The molecule has 1 aliphatic rings. The molecule has 11 heavy (non-hydrogen) atoms. The highest BCUT2D eigenvalue weighted by Crippen LogP contribution is 2.40. The molecule has 2 N–H and O–H groups in total. The van der Waals surface area contributed by atoms with E-state index in [4.69, 9.17) is 5.73 Å². The van der Waals surface area contributed by atoms with Gasteiger partial charge < -0.3 is 5.73 Å². The first-order valence-electron chi connectivity index (χ1n) is 4.98. The maximum atomic E-state index is 5.59. The molecule has 0 aromatic rings. The Labute approximate surface area is 70.4 Å². The average molecular weight is 155 g/mol. The number of rotatable bonds is 4. The van der Waals surface area contributed by atoms with Gasteiger partial charge in [0.15, 0.2) is 0 Å². The van der Waals surface area contributed by atoms with E-state index in [0.29, 0.717) is 0 Å². The molecule has 0 spiro atoms. The monoisotopic (exact) mass is 155 g/mol. The van der Waals surface area contributed by atoms with E-state index in [-0.39, 0.29) is 0 Å². The van der Waals surface area contributed by atoms with Crippen molar-refractivity contribution in [1.29, 1.82) is 0 Å². The van der Waals surface area contributed by atoms with Gasteiger partial charge in [0.05, 0.1) is 0 Å². The zero-order chi connectivity index (χ0) is 8.27. The van der Waals surface area contributed by atoms with Gasteiger partial charge in [0.25, 0.3) is 0 Å². The van der Waals surface area contributed by atoms with Crippen LogP contribution in [0.2, 0.25) is 0 Å². The van der Waals surface area contributed by atoms with Crippen LogP contribution >= 0.6 is 0 Å². The van der Waals surface area contributed by atoms with Crippen LogP contribution in [0.25, 0.3) is 0 Å². The van der Waals surface area contributed by atoms with Crippen molar-refractivity contribution in [3.63, 3.8) is 0 Å². The maximum Gasteiger partial charge on any atom is -0.00514 e. The molecule has 3 atom stereocenters. The van der Waals surface area contributed by atoms with Gasteiger partial charge in [-0.3, -0.25) is 0 Å². The first-order chi connectivity index (χ1) is 5.27. The Kier molecular flexibility index (Phi) is 3.38. The SMILES string of the molecule is CCC1CCC1CC(C)CN. The lowest BCUT2D eigenvalue weighted by Crippen LogP contribution is -2.28. The fraction of sp³-hybridized carbons (Fsp3) is 1.00. The summed E-state index contributed by atoms with van der Waals surface area (Å²) in [6.45, 7) is 5.45. The summed E-state index contributed by atoms with van der Waals surface area (Å²) in [6, 6.07) is 0. The summed E-state index contributed by atoms with van der Waals surface area (Å²) < 4.78 is 0. The van der Waals surface area contributed by atoms with Gasteiger partial charge in [-0.15, -0.1) is 0 Å². The molecule has 0 bridgehead atoms. The Morgan fingerprint density at radius 1 is 1.36 bits per heavy atom. The summed E-state index contributed by atoms with van der Waals surface area (Å²) in [4.78, 5) is 0. The van der Waals surface area contributed by atoms with E-state index < -0.39 is 0 Å². The van der Waals surface area contributed by atoms with Crippen molar-refractivity contribution in [2.45, 2.75) is 39.5 Å². The number of hydrogen-bond donors (Lipinski definition) is 1. The molecule has 0 amide bonds. The van der Waals surface area contributed by atoms with E-state index in [1.54, 1.807) is 0 Å². The minimum Gasteiger partial charge on any atom is -0.330 e. The van der Waals surface area contributed by atoms with Gasteiger partial charge >= 0.3 is 0 Å². The topological polar surface area (TPSA) is 26.0 Å². The molecular formula is C10H21N. The van der Waals surface area contributed by atoms with E-state index >= 15 is 0 Å².